The molecule has 2 heterocycles. The van der Waals surface area contributed by atoms with Crippen LogP contribution in [0.4, 0.5) is 0 Å². The molecule has 0 aromatic heterocycles. The molecule has 0 saturated carbocycles. The molecule has 0 aliphatic carbocycles. The van der Waals surface area contributed by atoms with E-state index in [9.17, 15) is 18.9 Å². The number of sulfone groups is 1. The maximum Gasteiger partial charge on any atom is 0.336 e. The van der Waals surface area contributed by atoms with Crippen molar-refractivity contribution >= 4 is 16.4 Å². The van der Waals surface area contributed by atoms with E-state index < -0.39 is 27.5 Å². The average Bonchev–Trinajstić information content (AvgIpc) is 2.75. The first-order chi connectivity index (χ1) is 8.87. The third kappa shape index (κ3) is 3.58. The summed E-state index contributed by atoms with van der Waals surface area (Å²) < 4.78 is 27.9. The van der Waals surface area contributed by atoms with Gasteiger partial charge >= 0.3 is 6.23 Å². The molecular weight excluding hydrogens is 274 g/mol. The van der Waals surface area contributed by atoms with Gasteiger partial charge in [-0.15, -0.1) is 4.21 Å². The van der Waals surface area contributed by atoms with E-state index in [0.29, 0.717) is 6.54 Å². The van der Waals surface area contributed by atoms with E-state index in [2.05, 4.69) is 5.10 Å². The summed E-state index contributed by atoms with van der Waals surface area (Å²) >= 11 is 0. The van der Waals surface area contributed by atoms with Gasteiger partial charge < -0.3 is 9.29 Å². The lowest BCUT2D eigenvalue weighted by molar-refractivity contribution is -0.558. The number of ether oxygens (including phenoxy) is 1. The molecule has 2 aliphatic heterocycles. The number of nitro groups is 1. The van der Waals surface area contributed by atoms with Gasteiger partial charge in [0.25, 0.3) is 0 Å². The molecule has 0 radical (unpaired) electrons. The second-order valence-corrected chi connectivity index (χ2v) is 6.78. The molecule has 19 heavy (non-hydrogen) atoms. The van der Waals surface area contributed by atoms with Gasteiger partial charge in [-0.2, -0.15) is 5.10 Å². The molecule has 2 rings (SSSR count). The molecule has 0 amide bonds. The van der Waals surface area contributed by atoms with E-state index in [1.165, 1.54) is 12.3 Å². The maximum absolute atomic E-state index is 11.4. The Morgan fingerprint density at radius 2 is 2.32 bits per heavy atom. The second kappa shape index (κ2) is 5.35. The van der Waals surface area contributed by atoms with Crippen molar-refractivity contribution in [3.05, 3.63) is 22.3 Å². The molecule has 0 spiro atoms. The maximum atomic E-state index is 11.4. The summed E-state index contributed by atoms with van der Waals surface area (Å²) in [5, 5.41) is 16.3. The Kier molecular flexibility index (Phi) is 3.97. The highest BCUT2D eigenvalue weighted by Gasteiger charge is 2.31. The molecule has 1 fully saturated rings. The number of rotatable bonds is 3. The summed E-state index contributed by atoms with van der Waals surface area (Å²) in [6.07, 6.45) is 2.70. The first-order valence-electron chi connectivity index (χ1n) is 5.86. The molecule has 106 valence electrons. The van der Waals surface area contributed by atoms with Crippen LogP contribution in [-0.4, -0.2) is 57.1 Å². The minimum Gasteiger partial charge on any atom is -0.615 e. The Balaban J connectivity index is 1.89. The third-order valence-corrected chi connectivity index (χ3v) is 4.76. The van der Waals surface area contributed by atoms with Crippen LogP contribution in [0.1, 0.15) is 6.92 Å². The van der Waals surface area contributed by atoms with Gasteiger partial charge in [-0.25, -0.2) is 0 Å². The van der Waals surface area contributed by atoms with Crippen LogP contribution in [0.15, 0.2) is 17.3 Å². The van der Waals surface area contributed by atoms with E-state index >= 15 is 0 Å². The monoisotopic (exact) mass is 289 g/mol. The Hall–Kier alpha value is -1.32. The van der Waals surface area contributed by atoms with Crippen molar-refractivity contribution in [2.24, 2.45) is 5.10 Å². The fourth-order valence-electron chi connectivity index (χ4n) is 1.97. The zero-order valence-electron chi connectivity index (χ0n) is 10.4. The number of nitrogens with zero attached hydrogens (tertiary/aromatic N) is 3. The van der Waals surface area contributed by atoms with Crippen molar-refractivity contribution in [3.63, 3.8) is 0 Å². The molecule has 8 nitrogen and oxygen atoms in total. The van der Waals surface area contributed by atoms with Crippen molar-refractivity contribution in [2.45, 2.75) is 25.3 Å². The Morgan fingerprint density at radius 3 is 2.89 bits per heavy atom. The molecule has 2 aliphatic rings. The molecule has 0 bridgehead atoms. The van der Waals surface area contributed by atoms with Gasteiger partial charge in [0.05, 0.1) is 33.9 Å². The van der Waals surface area contributed by atoms with Crippen LogP contribution in [0.5, 0.6) is 0 Å². The highest BCUT2D eigenvalue weighted by atomic mass is 32.3. The minimum absolute atomic E-state index is 0.0726. The van der Waals surface area contributed by atoms with Crippen molar-refractivity contribution in [2.75, 3.05) is 18.1 Å². The molecule has 9 heteroatoms. The van der Waals surface area contributed by atoms with E-state index in [0.717, 1.165) is 0 Å². The van der Waals surface area contributed by atoms with Crippen LogP contribution in [-0.2, 0) is 19.2 Å². The van der Waals surface area contributed by atoms with E-state index in [1.807, 2.05) is 0 Å². The van der Waals surface area contributed by atoms with Gasteiger partial charge in [0.1, 0.15) is 17.6 Å². The van der Waals surface area contributed by atoms with E-state index in [4.69, 9.17) is 4.74 Å². The summed E-state index contributed by atoms with van der Waals surface area (Å²) in [5.41, 5.74) is 0. The van der Waals surface area contributed by atoms with Crippen LogP contribution in [0.3, 0.4) is 0 Å². The lowest BCUT2D eigenvalue weighted by atomic mass is 10.3. The first-order valence-corrected chi connectivity index (χ1v) is 7.68. The largest absolute Gasteiger partial charge is 0.615 e. The standard InChI is InChI=1S/C10H15N3O5S/c1-8-7-19(16,17)5-4-12(8)11-6-9-2-3-10(18-9)13(14)15/h2-3,6,8-10H,4-5,7H2,1H3/b11-6+. The Bertz CT molecular complexity index is 466. The Labute approximate surface area is 111 Å². The van der Waals surface area contributed by atoms with Crippen molar-refractivity contribution < 1.29 is 18.4 Å². The highest BCUT2D eigenvalue weighted by Crippen LogP contribution is 2.16. The minimum atomic E-state index is -2.97. The van der Waals surface area contributed by atoms with Crippen molar-refractivity contribution in [3.8, 4) is 0 Å². The summed E-state index contributed by atoms with van der Waals surface area (Å²) in [5.74, 6) is 0.150. The lowest BCUT2D eigenvalue weighted by Crippen LogP contribution is -2.46. The molecule has 0 N–H and O–H groups in total. The molecule has 1 saturated heterocycles. The van der Waals surface area contributed by atoms with Crippen LogP contribution in [0.2, 0.25) is 0 Å². The average molecular weight is 289 g/mol. The smallest absolute Gasteiger partial charge is 0.336 e. The zero-order valence-corrected chi connectivity index (χ0v) is 11.2. The molecule has 4 unspecified atom stereocenters. The SMILES string of the molecule is CC1C[S+](=O)([O-])CCN1/N=C/C1C=CC([N+](=O)[O-])O1. The Morgan fingerprint density at radius 1 is 1.58 bits per heavy atom. The molecular formula is C10H15N3O5S. The lowest BCUT2D eigenvalue weighted by Gasteiger charge is -2.33. The quantitative estimate of drug-likeness (QED) is 0.235. The van der Waals surface area contributed by atoms with Gasteiger partial charge in [0, 0.05) is 6.08 Å². The number of hydrazone groups is 1. The third-order valence-electron chi connectivity index (χ3n) is 2.97. The normalized spacial score (nSPS) is 39.1. The first kappa shape index (κ1) is 14.1. The summed E-state index contributed by atoms with van der Waals surface area (Å²) in [6.45, 7) is 2.11. The fraction of sp³-hybridized carbons (Fsp3) is 0.700. The zero-order chi connectivity index (χ0) is 14.0. The van der Waals surface area contributed by atoms with Gasteiger partial charge in [-0.1, -0.05) is 0 Å². The second-order valence-electron chi connectivity index (χ2n) is 4.55. The predicted molar refractivity (Wildman–Crippen MR) is 68.0 cm³/mol. The van der Waals surface area contributed by atoms with Crippen LogP contribution >= 0.6 is 0 Å². The highest BCUT2D eigenvalue weighted by molar-refractivity contribution is 7.97. The van der Waals surface area contributed by atoms with E-state index in [1.54, 1.807) is 18.0 Å². The van der Waals surface area contributed by atoms with Crippen LogP contribution in [0, 0.1) is 10.1 Å². The molecule has 0 aromatic carbocycles. The van der Waals surface area contributed by atoms with Gasteiger partial charge in [0.15, 0.2) is 0 Å². The number of hydrogen-bond acceptors (Lipinski definition) is 7. The van der Waals surface area contributed by atoms with Crippen LogP contribution < -0.4 is 0 Å². The van der Waals surface area contributed by atoms with Crippen LogP contribution in [0.25, 0.3) is 0 Å². The fourth-order valence-corrected chi connectivity index (χ4v) is 3.51. The summed E-state index contributed by atoms with van der Waals surface area (Å²) in [6, 6.07) is -0.202. The number of hydrogen-bond donors (Lipinski definition) is 0. The van der Waals surface area contributed by atoms with Crippen molar-refractivity contribution in [1.29, 1.82) is 0 Å². The summed E-state index contributed by atoms with van der Waals surface area (Å²) in [4.78, 5) is 9.96. The molecule has 4 atom stereocenters. The summed E-state index contributed by atoms with van der Waals surface area (Å²) in [7, 11) is -2.97. The van der Waals surface area contributed by atoms with E-state index in [-0.39, 0.29) is 17.5 Å². The van der Waals surface area contributed by atoms with Gasteiger partial charge in [0.2, 0.25) is 0 Å². The van der Waals surface area contributed by atoms with Gasteiger partial charge in [-0.3, -0.25) is 15.1 Å². The molecule has 0 aromatic rings. The topological polar surface area (TPSA) is 108 Å². The van der Waals surface area contributed by atoms with Gasteiger partial charge in [-0.05, 0) is 13.0 Å². The van der Waals surface area contributed by atoms with Crippen molar-refractivity contribution in [1.82, 2.24) is 5.01 Å². The predicted octanol–water partition coefficient (Wildman–Crippen LogP) is -0.136.